The molecule has 0 amide bonds. The lowest BCUT2D eigenvalue weighted by molar-refractivity contribution is -0.870. The number of hydrogen-bond acceptors (Lipinski definition) is 6. The maximum atomic E-state index is 11.9. The lowest BCUT2D eigenvalue weighted by atomic mass is 10.0. The van der Waals surface area contributed by atoms with Crippen molar-refractivity contribution >= 4 is 13.8 Å². The molecule has 0 aliphatic carbocycles. The van der Waals surface area contributed by atoms with Gasteiger partial charge in [-0.1, -0.05) is 164 Å². The summed E-state index contributed by atoms with van der Waals surface area (Å²) in [5, 5.41) is 9.91. The van der Waals surface area contributed by atoms with Crippen molar-refractivity contribution in [2.45, 2.75) is 167 Å². The zero-order chi connectivity index (χ0) is 39.1. The van der Waals surface area contributed by atoms with Crippen molar-refractivity contribution < 1.29 is 37.6 Å². The minimum absolute atomic E-state index is 0.0535. The molecule has 0 aromatic heterocycles. The number of unbranched alkanes of at least 4 members (excludes halogenated alkanes) is 17. The summed E-state index contributed by atoms with van der Waals surface area (Å²) in [4.78, 5) is 21.6. The number of allylic oxidation sites excluding steroid dienone is 10. The summed E-state index contributed by atoms with van der Waals surface area (Å²) in [7, 11) is 1.56. The van der Waals surface area contributed by atoms with Gasteiger partial charge in [0, 0.05) is 6.42 Å². The number of nitrogens with zero attached hydrogens (tertiary/aromatic N) is 1. The molecule has 0 fully saturated rings. The average Bonchev–Trinajstić information content (AvgIpc) is 3.11. The fourth-order valence-corrected chi connectivity index (χ4v) is 6.26. The lowest BCUT2D eigenvalue weighted by Crippen LogP contribution is -2.37. The molecular formula is C44H81NO7P+. The average molecular weight is 767 g/mol. The highest BCUT2D eigenvalue weighted by Gasteiger charge is 2.24. The summed E-state index contributed by atoms with van der Waals surface area (Å²) >= 11 is 0. The number of phosphoric acid groups is 1. The van der Waals surface area contributed by atoms with E-state index >= 15 is 0 Å². The number of esters is 1. The van der Waals surface area contributed by atoms with Crippen LogP contribution in [0.2, 0.25) is 0 Å². The zero-order valence-electron chi connectivity index (χ0n) is 34.5. The Morgan fingerprint density at radius 3 is 1.42 bits per heavy atom. The zero-order valence-corrected chi connectivity index (χ0v) is 35.4. The number of rotatable bonds is 38. The van der Waals surface area contributed by atoms with Crippen LogP contribution in [0.5, 0.6) is 0 Å². The van der Waals surface area contributed by atoms with Crippen molar-refractivity contribution in [2.24, 2.45) is 0 Å². The summed E-state index contributed by atoms with van der Waals surface area (Å²) in [6.07, 6.45) is 49.8. The van der Waals surface area contributed by atoms with Crippen LogP contribution in [0.4, 0.5) is 0 Å². The normalized spacial score (nSPS) is 14.5. The number of likely N-dealkylation sites (N-methyl/N-ethyl adjacent to an activating group) is 1. The molecule has 0 aliphatic heterocycles. The molecule has 0 spiro atoms. The molecule has 308 valence electrons. The summed E-state index contributed by atoms with van der Waals surface area (Å²) < 4.78 is 27.2. The third-order valence-corrected chi connectivity index (χ3v) is 9.78. The molecule has 2 atom stereocenters. The summed E-state index contributed by atoms with van der Waals surface area (Å²) in [5.74, 6) is -0.372. The molecule has 0 bridgehead atoms. The van der Waals surface area contributed by atoms with Gasteiger partial charge in [-0.2, -0.15) is 0 Å². The third-order valence-electron chi connectivity index (χ3n) is 8.79. The van der Waals surface area contributed by atoms with Gasteiger partial charge in [-0.15, -0.1) is 0 Å². The van der Waals surface area contributed by atoms with Crippen LogP contribution in [-0.2, 0) is 23.1 Å². The number of phosphoric ester groups is 1. The Morgan fingerprint density at radius 2 is 0.981 bits per heavy atom. The molecule has 0 saturated carbocycles. The molecule has 0 heterocycles. The first-order valence-electron chi connectivity index (χ1n) is 21.1. The van der Waals surface area contributed by atoms with Crippen LogP contribution in [-0.4, -0.2) is 74.1 Å². The van der Waals surface area contributed by atoms with Crippen LogP contribution in [0.1, 0.15) is 161 Å². The van der Waals surface area contributed by atoms with Gasteiger partial charge < -0.3 is 19.2 Å². The number of carbonyl (C=O) groups is 1. The standard InChI is InChI=1S/C44H80NO7P/c1-5-6-7-8-9-10-11-12-13-14-15-16-17-18-19-20-21-22-23-24-25-26-27-28-29-30-31-32-33-34-35-36-37-38-44(47)50-41-43(46)42-52-53(48,49)51-40-39-45(2,3)4/h6-7,9-10,12-13,15-16,18-19,43,46H,5,8,11,14,17,20-42H2,1-4H3/p+1/b7-6-,10-9-,13-12-,16-15-,19-18-. The monoisotopic (exact) mass is 767 g/mol. The summed E-state index contributed by atoms with van der Waals surface area (Å²) in [5.41, 5.74) is 0. The Kier molecular flexibility index (Phi) is 35.9. The predicted octanol–water partition coefficient (Wildman–Crippen LogP) is 11.9. The molecule has 53 heavy (non-hydrogen) atoms. The van der Waals surface area contributed by atoms with Gasteiger partial charge in [0.2, 0.25) is 0 Å². The second-order valence-corrected chi connectivity index (χ2v) is 16.7. The maximum absolute atomic E-state index is 11.9. The number of aliphatic hydroxyl groups excluding tert-OH is 1. The van der Waals surface area contributed by atoms with E-state index in [1.165, 1.54) is 96.3 Å². The number of ether oxygens (including phenoxy) is 1. The predicted molar refractivity (Wildman–Crippen MR) is 224 cm³/mol. The van der Waals surface area contributed by atoms with Crippen LogP contribution < -0.4 is 0 Å². The Hall–Kier alpha value is -1.80. The van der Waals surface area contributed by atoms with E-state index < -0.39 is 20.5 Å². The molecular weight excluding hydrogens is 685 g/mol. The topological polar surface area (TPSA) is 102 Å². The molecule has 2 unspecified atom stereocenters. The van der Waals surface area contributed by atoms with E-state index in [1.54, 1.807) is 0 Å². The van der Waals surface area contributed by atoms with Crippen LogP contribution in [0.3, 0.4) is 0 Å². The van der Waals surface area contributed by atoms with E-state index in [0.29, 0.717) is 17.4 Å². The van der Waals surface area contributed by atoms with Gasteiger partial charge in [0.15, 0.2) is 0 Å². The lowest BCUT2D eigenvalue weighted by Gasteiger charge is -2.24. The van der Waals surface area contributed by atoms with Crippen LogP contribution in [0.25, 0.3) is 0 Å². The van der Waals surface area contributed by atoms with Gasteiger partial charge in [0.1, 0.15) is 25.9 Å². The fourth-order valence-electron chi connectivity index (χ4n) is 5.51. The third kappa shape index (κ3) is 42.8. The van der Waals surface area contributed by atoms with E-state index in [1.807, 2.05) is 21.1 Å². The van der Waals surface area contributed by atoms with Crippen LogP contribution in [0.15, 0.2) is 60.8 Å². The second-order valence-electron chi connectivity index (χ2n) is 15.2. The van der Waals surface area contributed by atoms with Gasteiger partial charge >= 0.3 is 13.8 Å². The Bertz CT molecular complexity index is 1030. The van der Waals surface area contributed by atoms with Crippen molar-refractivity contribution in [2.75, 3.05) is 47.5 Å². The minimum Gasteiger partial charge on any atom is -0.463 e. The molecule has 0 aromatic carbocycles. The number of aliphatic hydroxyl groups is 1. The molecule has 0 aliphatic rings. The Labute approximate surface area is 326 Å². The molecule has 9 heteroatoms. The first kappa shape index (κ1) is 51.2. The first-order chi connectivity index (χ1) is 25.6. The molecule has 8 nitrogen and oxygen atoms in total. The highest BCUT2D eigenvalue weighted by Crippen LogP contribution is 2.43. The van der Waals surface area contributed by atoms with Gasteiger partial charge in [-0.3, -0.25) is 13.8 Å². The van der Waals surface area contributed by atoms with Crippen molar-refractivity contribution in [3.63, 3.8) is 0 Å². The molecule has 0 radical (unpaired) electrons. The van der Waals surface area contributed by atoms with E-state index in [9.17, 15) is 19.4 Å². The summed E-state index contributed by atoms with van der Waals surface area (Å²) in [6.45, 7) is 2.03. The molecule has 0 rings (SSSR count). The largest absolute Gasteiger partial charge is 0.472 e. The molecule has 0 saturated heterocycles. The van der Waals surface area contributed by atoms with Crippen molar-refractivity contribution in [1.29, 1.82) is 0 Å². The maximum Gasteiger partial charge on any atom is 0.472 e. The highest BCUT2D eigenvalue weighted by molar-refractivity contribution is 7.47. The van der Waals surface area contributed by atoms with Crippen molar-refractivity contribution in [1.82, 2.24) is 0 Å². The van der Waals surface area contributed by atoms with E-state index in [4.69, 9.17) is 13.8 Å². The Morgan fingerprint density at radius 1 is 0.585 bits per heavy atom. The molecule has 2 N–H and O–H groups in total. The van der Waals surface area contributed by atoms with Gasteiger partial charge in [-0.25, -0.2) is 4.57 Å². The summed E-state index contributed by atoms with van der Waals surface area (Å²) in [6, 6.07) is 0. The minimum atomic E-state index is -4.25. The number of hydrogen-bond donors (Lipinski definition) is 2. The number of carbonyl (C=O) groups excluding carboxylic acids is 1. The Balaban J connectivity index is 3.41. The number of quaternary nitrogens is 1. The molecule has 0 aromatic rings. The van der Waals surface area contributed by atoms with Crippen molar-refractivity contribution in [3.05, 3.63) is 60.8 Å². The second kappa shape index (κ2) is 37.1. The van der Waals surface area contributed by atoms with Gasteiger partial charge in [0.25, 0.3) is 0 Å². The van der Waals surface area contributed by atoms with Crippen LogP contribution >= 0.6 is 7.82 Å². The van der Waals surface area contributed by atoms with Crippen molar-refractivity contribution in [3.8, 4) is 0 Å². The smallest absolute Gasteiger partial charge is 0.463 e. The highest BCUT2D eigenvalue weighted by atomic mass is 31.2. The van der Waals surface area contributed by atoms with E-state index in [0.717, 1.165) is 51.4 Å². The van der Waals surface area contributed by atoms with Crippen LogP contribution in [0, 0.1) is 0 Å². The quantitative estimate of drug-likeness (QED) is 0.0212. The first-order valence-corrected chi connectivity index (χ1v) is 22.6. The fraction of sp³-hybridized carbons (Fsp3) is 0.750. The van der Waals surface area contributed by atoms with Gasteiger partial charge in [-0.05, 0) is 51.4 Å². The SMILES string of the molecule is CC/C=C\C/C=C\C/C=C\C/C=C\C/C=C\CCCCCCCCCCCCCCCCCCCC(=O)OCC(O)COP(=O)(O)OCC[N+](C)(C)C. The van der Waals surface area contributed by atoms with E-state index in [-0.39, 0.29) is 19.2 Å². The van der Waals surface area contributed by atoms with E-state index in [2.05, 4.69) is 67.7 Å². The van der Waals surface area contributed by atoms with Gasteiger partial charge in [0.05, 0.1) is 27.7 Å².